The Morgan fingerprint density at radius 1 is 0.778 bits per heavy atom. The third-order valence-electron chi connectivity index (χ3n) is 4.62. The Hall–Kier alpha value is -1.72. The van der Waals surface area contributed by atoms with Crippen LogP contribution in [0.2, 0.25) is 0 Å². The average Bonchev–Trinajstić information content (AvgIpc) is 3.37. The molecule has 154 valence electrons. The molecule has 2 unspecified atom stereocenters. The molecular formula is C21H34F2N2O2. The number of amides is 2. The Bertz CT molecular complexity index is 486. The quantitative estimate of drug-likeness (QED) is 0.327. The number of carbonyl (C=O) groups is 2. The van der Waals surface area contributed by atoms with Gasteiger partial charge in [0, 0.05) is 0 Å². The number of allylic oxidation sites excluding steroid dienone is 2. The molecule has 2 amide bonds. The van der Waals surface area contributed by atoms with Gasteiger partial charge in [-0.1, -0.05) is 52.4 Å². The minimum absolute atomic E-state index is 0.335. The molecule has 0 aromatic heterocycles. The predicted octanol–water partition coefficient (Wildman–Crippen LogP) is 5.01. The van der Waals surface area contributed by atoms with E-state index in [2.05, 4.69) is 24.5 Å². The maximum absolute atomic E-state index is 13.7. The van der Waals surface area contributed by atoms with Gasteiger partial charge in [0.1, 0.15) is 0 Å². The second-order valence-corrected chi connectivity index (χ2v) is 7.20. The molecule has 2 N–H and O–H groups in total. The van der Waals surface area contributed by atoms with Crippen molar-refractivity contribution in [2.45, 2.75) is 96.6 Å². The molecule has 4 nitrogen and oxygen atoms in total. The van der Waals surface area contributed by atoms with E-state index in [-0.39, 0.29) is 12.1 Å². The van der Waals surface area contributed by atoms with Crippen molar-refractivity contribution in [1.29, 1.82) is 0 Å². The molecule has 2 atom stereocenters. The normalized spacial score (nSPS) is 19.7. The van der Waals surface area contributed by atoms with E-state index >= 15 is 0 Å². The van der Waals surface area contributed by atoms with E-state index in [1.165, 1.54) is 12.2 Å². The van der Waals surface area contributed by atoms with E-state index in [1.807, 2.05) is 0 Å². The minimum Gasteiger partial charge on any atom is -0.345 e. The van der Waals surface area contributed by atoms with Crippen LogP contribution in [0.5, 0.6) is 0 Å². The summed E-state index contributed by atoms with van der Waals surface area (Å²) in [4.78, 5) is 23.5. The summed E-state index contributed by atoms with van der Waals surface area (Å²) < 4.78 is 27.5. The van der Waals surface area contributed by atoms with Gasteiger partial charge in [-0.05, 0) is 44.3 Å². The maximum Gasteiger partial charge on any atom is 0.279 e. The molecule has 1 fully saturated rings. The summed E-state index contributed by atoms with van der Waals surface area (Å²) in [5.74, 6) is -3.11. The fourth-order valence-corrected chi connectivity index (χ4v) is 2.77. The predicted molar refractivity (Wildman–Crippen MR) is 104 cm³/mol. The van der Waals surface area contributed by atoms with Crippen molar-refractivity contribution in [3.63, 3.8) is 0 Å². The van der Waals surface area contributed by atoms with Crippen LogP contribution in [0.4, 0.5) is 8.78 Å². The Balaban J connectivity index is 2.24. The van der Waals surface area contributed by atoms with E-state index in [0.717, 1.165) is 51.4 Å². The topological polar surface area (TPSA) is 58.2 Å². The van der Waals surface area contributed by atoms with Crippen molar-refractivity contribution in [2.75, 3.05) is 0 Å². The Kier molecular flexibility index (Phi) is 11.6. The SMILES string of the molecule is CCCCCCC=C(F)C(=O)NC1CC1NC(=O)C(F)=CCCCCCC. The smallest absolute Gasteiger partial charge is 0.279 e. The molecule has 0 saturated heterocycles. The van der Waals surface area contributed by atoms with Gasteiger partial charge in [-0.2, -0.15) is 0 Å². The van der Waals surface area contributed by atoms with Gasteiger partial charge in [-0.15, -0.1) is 0 Å². The summed E-state index contributed by atoms with van der Waals surface area (Å²) in [7, 11) is 0. The number of nitrogens with one attached hydrogen (secondary N) is 2. The first kappa shape index (κ1) is 23.3. The molecule has 27 heavy (non-hydrogen) atoms. The van der Waals surface area contributed by atoms with Crippen LogP contribution >= 0.6 is 0 Å². The summed E-state index contributed by atoms with van der Waals surface area (Å²) in [6, 6.07) is -0.670. The van der Waals surface area contributed by atoms with Gasteiger partial charge in [0.2, 0.25) is 0 Å². The lowest BCUT2D eigenvalue weighted by Crippen LogP contribution is -2.35. The summed E-state index contributed by atoms with van der Waals surface area (Å²) in [5, 5.41) is 5.06. The molecule has 1 aliphatic rings. The van der Waals surface area contributed by atoms with Crippen molar-refractivity contribution in [1.82, 2.24) is 10.6 Å². The van der Waals surface area contributed by atoms with Crippen molar-refractivity contribution >= 4 is 11.8 Å². The number of hydrogen-bond acceptors (Lipinski definition) is 2. The van der Waals surface area contributed by atoms with Gasteiger partial charge in [-0.3, -0.25) is 9.59 Å². The first-order valence-corrected chi connectivity index (χ1v) is 10.3. The third kappa shape index (κ3) is 10.3. The summed E-state index contributed by atoms with van der Waals surface area (Å²) in [6.45, 7) is 4.20. The fraction of sp³-hybridized carbons (Fsp3) is 0.714. The van der Waals surface area contributed by atoms with E-state index in [1.54, 1.807) is 0 Å². The number of halogens is 2. The van der Waals surface area contributed by atoms with Crippen molar-refractivity contribution < 1.29 is 18.4 Å². The zero-order chi connectivity index (χ0) is 20.1. The molecule has 6 heteroatoms. The molecule has 0 radical (unpaired) electrons. The zero-order valence-corrected chi connectivity index (χ0v) is 16.7. The summed E-state index contributed by atoms with van der Waals surface area (Å²) in [6.07, 6.45) is 12.4. The number of rotatable bonds is 14. The van der Waals surface area contributed by atoms with E-state index in [9.17, 15) is 18.4 Å². The lowest BCUT2D eigenvalue weighted by Gasteiger charge is -2.05. The molecule has 0 spiro atoms. The van der Waals surface area contributed by atoms with Crippen LogP contribution in [-0.4, -0.2) is 23.9 Å². The van der Waals surface area contributed by atoms with Crippen LogP contribution in [-0.2, 0) is 9.59 Å². The van der Waals surface area contributed by atoms with Gasteiger partial charge < -0.3 is 10.6 Å². The first-order chi connectivity index (χ1) is 13.0. The number of carbonyl (C=O) groups excluding carboxylic acids is 2. The van der Waals surface area contributed by atoms with Crippen LogP contribution in [0.25, 0.3) is 0 Å². The van der Waals surface area contributed by atoms with E-state index in [0.29, 0.717) is 19.3 Å². The van der Waals surface area contributed by atoms with Crippen molar-refractivity contribution in [3.8, 4) is 0 Å². The first-order valence-electron chi connectivity index (χ1n) is 10.3. The molecule has 1 aliphatic carbocycles. The van der Waals surface area contributed by atoms with Gasteiger partial charge >= 0.3 is 0 Å². The highest BCUT2D eigenvalue weighted by Gasteiger charge is 2.40. The van der Waals surface area contributed by atoms with Crippen LogP contribution in [0.3, 0.4) is 0 Å². The third-order valence-corrected chi connectivity index (χ3v) is 4.62. The molecule has 0 heterocycles. The molecule has 0 bridgehead atoms. The number of hydrogen-bond donors (Lipinski definition) is 2. The fourth-order valence-electron chi connectivity index (χ4n) is 2.77. The minimum atomic E-state index is -0.790. The van der Waals surface area contributed by atoms with Gasteiger partial charge in [0.05, 0.1) is 12.1 Å². The lowest BCUT2D eigenvalue weighted by atomic mass is 10.1. The number of unbranched alkanes of at least 4 members (excludes halogenated alkanes) is 8. The highest BCUT2D eigenvalue weighted by Crippen LogP contribution is 2.22. The molecule has 1 saturated carbocycles. The standard InChI is InChI=1S/C21H34F2N2O2/c1-3-5-7-9-11-13-16(22)20(26)24-18-15-19(18)25-21(27)17(23)14-12-10-8-6-4-2/h13-14,18-19H,3-12,15H2,1-2H3,(H,24,26)(H,25,27). The van der Waals surface area contributed by atoms with Crippen LogP contribution < -0.4 is 10.6 Å². The van der Waals surface area contributed by atoms with Gasteiger partial charge in [-0.25, -0.2) is 8.78 Å². The molecule has 0 aromatic carbocycles. The Morgan fingerprint density at radius 2 is 1.19 bits per heavy atom. The zero-order valence-electron chi connectivity index (χ0n) is 16.7. The molecule has 1 rings (SSSR count). The Morgan fingerprint density at radius 3 is 1.56 bits per heavy atom. The lowest BCUT2D eigenvalue weighted by molar-refractivity contribution is -0.120. The van der Waals surface area contributed by atoms with E-state index < -0.39 is 23.5 Å². The average molecular weight is 385 g/mol. The summed E-state index contributed by atoms with van der Waals surface area (Å²) >= 11 is 0. The maximum atomic E-state index is 13.7. The second kappa shape index (κ2) is 13.4. The van der Waals surface area contributed by atoms with Crippen molar-refractivity contribution in [3.05, 3.63) is 23.8 Å². The van der Waals surface area contributed by atoms with E-state index in [4.69, 9.17) is 0 Å². The van der Waals surface area contributed by atoms with Gasteiger partial charge in [0.25, 0.3) is 11.8 Å². The second-order valence-electron chi connectivity index (χ2n) is 7.20. The van der Waals surface area contributed by atoms with Crippen LogP contribution in [0.1, 0.15) is 84.5 Å². The highest BCUT2D eigenvalue weighted by molar-refractivity contribution is 5.93. The largest absolute Gasteiger partial charge is 0.345 e. The summed E-state index contributed by atoms with van der Waals surface area (Å²) in [5.41, 5.74) is 0. The molecule has 0 aliphatic heterocycles. The van der Waals surface area contributed by atoms with Crippen LogP contribution in [0, 0.1) is 0 Å². The highest BCUT2D eigenvalue weighted by atomic mass is 19.1. The van der Waals surface area contributed by atoms with Crippen LogP contribution in [0.15, 0.2) is 23.8 Å². The molecular weight excluding hydrogens is 350 g/mol. The molecule has 0 aromatic rings. The van der Waals surface area contributed by atoms with Gasteiger partial charge in [0.15, 0.2) is 11.7 Å². The monoisotopic (exact) mass is 384 g/mol. The van der Waals surface area contributed by atoms with Crippen molar-refractivity contribution in [2.24, 2.45) is 0 Å². The Labute approximate surface area is 161 Å².